The molecule has 1 unspecified atom stereocenters. The average Bonchev–Trinajstić information content (AvgIpc) is 2.37. The molecule has 0 fully saturated rings. The van der Waals surface area contributed by atoms with Gasteiger partial charge in [0.05, 0.1) is 5.52 Å². The van der Waals surface area contributed by atoms with Crippen LogP contribution in [0.2, 0.25) is 0 Å². The van der Waals surface area contributed by atoms with Crippen molar-refractivity contribution in [2.24, 2.45) is 0 Å². The lowest BCUT2D eigenvalue weighted by Gasteiger charge is -2.29. The smallest absolute Gasteiger partial charge is 0.422 e. The van der Waals surface area contributed by atoms with Gasteiger partial charge in [-0.25, -0.2) is 9.78 Å². The Morgan fingerprint density at radius 3 is 2.45 bits per heavy atom. The summed E-state index contributed by atoms with van der Waals surface area (Å²) >= 11 is 0. The molecule has 4 nitrogen and oxygen atoms in total. The van der Waals surface area contributed by atoms with Crippen LogP contribution in [0.1, 0.15) is 6.92 Å². The third-order valence-corrected chi connectivity index (χ3v) is 2.97. The largest absolute Gasteiger partial charge is 0.479 e. The first kappa shape index (κ1) is 14.1. The minimum Gasteiger partial charge on any atom is -0.479 e. The van der Waals surface area contributed by atoms with Crippen LogP contribution in [0.15, 0.2) is 36.4 Å². The van der Waals surface area contributed by atoms with Crippen LogP contribution in [0, 0.1) is 0 Å². The fourth-order valence-electron chi connectivity index (χ4n) is 1.64. The van der Waals surface area contributed by atoms with E-state index in [0.29, 0.717) is 12.4 Å². The Bertz CT molecular complexity index is 657. The highest BCUT2D eigenvalue weighted by molar-refractivity contribution is 5.85. The summed E-state index contributed by atoms with van der Waals surface area (Å²) in [5, 5.41) is 11.5. The maximum Gasteiger partial charge on any atom is 0.422 e. The number of nitrogens with one attached hydrogen (secondary N) is 1. The fraction of sp³-hybridized carbons (Fsp3) is 0.231. The number of pyridine rings is 1. The standard InChI is InChI=1S/C13H11F3N2O2/c1-12(11(19)20,13(14,15)16)18-10-7-6-8-4-2-3-5-9(8)17-10/h2-7H,1H3,(H,17,18)(H,19,20). The Morgan fingerprint density at radius 2 is 1.85 bits per heavy atom. The molecule has 0 saturated carbocycles. The molecule has 2 rings (SSSR count). The summed E-state index contributed by atoms with van der Waals surface area (Å²) in [5.41, 5.74) is -2.62. The van der Waals surface area contributed by atoms with E-state index in [1.54, 1.807) is 30.3 Å². The van der Waals surface area contributed by atoms with Crippen molar-refractivity contribution in [2.75, 3.05) is 5.32 Å². The molecule has 106 valence electrons. The quantitative estimate of drug-likeness (QED) is 0.909. The van der Waals surface area contributed by atoms with Crippen molar-refractivity contribution < 1.29 is 23.1 Å². The van der Waals surface area contributed by atoms with E-state index < -0.39 is 17.7 Å². The molecular weight excluding hydrogens is 273 g/mol. The number of aliphatic carboxylic acids is 1. The molecule has 2 N–H and O–H groups in total. The highest BCUT2D eigenvalue weighted by Gasteiger charge is 2.57. The summed E-state index contributed by atoms with van der Waals surface area (Å²) in [5.74, 6) is -2.16. The van der Waals surface area contributed by atoms with Gasteiger partial charge in [-0.3, -0.25) is 0 Å². The highest BCUT2D eigenvalue weighted by Crippen LogP contribution is 2.33. The van der Waals surface area contributed by atoms with Crippen molar-refractivity contribution in [2.45, 2.75) is 18.6 Å². The van der Waals surface area contributed by atoms with Crippen LogP contribution < -0.4 is 5.32 Å². The van der Waals surface area contributed by atoms with E-state index in [-0.39, 0.29) is 5.82 Å². The predicted molar refractivity (Wildman–Crippen MR) is 67.5 cm³/mol. The molecular formula is C13H11F3N2O2. The number of carbonyl (C=O) groups is 1. The number of hydrogen-bond donors (Lipinski definition) is 2. The number of hydrogen-bond acceptors (Lipinski definition) is 3. The monoisotopic (exact) mass is 284 g/mol. The summed E-state index contributed by atoms with van der Waals surface area (Å²) in [6, 6.07) is 9.74. The number of rotatable bonds is 3. The summed E-state index contributed by atoms with van der Waals surface area (Å²) in [7, 11) is 0. The van der Waals surface area contributed by atoms with Crippen LogP contribution in [0.4, 0.5) is 19.0 Å². The number of para-hydroxylation sites is 1. The molecule has 0 aliphatic carbocycles. The van der Waals surface area contributed by atoms with Crippen molar-refractivity contribution in [3.8, 4) is 0 Å². The third kappa shape index (κ3) is 2.38. The van der Waals surface area contributed by atoms with Gasteiger partial charge >= 0.3 is 12.1 Å². The Hall–Kier alpha value is -2.31. The lowest BCUT2D eigenvalue weighted by molar-refractivity contribution is -0.192. The summed E-state index contributed by atoms with van der Waals surface area (Å²) in [6.45, 7) is 0.562. The predicted octanol–water partition coefficient (Wildman–Crippen LogP) is 3.05. The van der Waals surface area contributed by atoms with Crippen molar-refractivity contribution >= 4 is 22.7 Å². The van der Waals surface area contributed by atoms with Gasteiger partial charge in [0.25, 0.3) is 0 Å². The Balaban J connectivity index is 2.41. The van der Waals surface area contributed by atoms with Gasteiger partial charge in [0.1, 0.15) is 5.82 Å². The molecule has 0 aliphatic heterocycles. The lowest BCUT2D eigenvalue weighted by Crippen LogP contribution is -2.55. The molecule has 0 aliphatic rings. The first-order valence-electron chi connectivity index (χ1n) is 5.68. The number of carboxylic acids is 1. The number of nitrogens with zero attached hydrogens (tertiary/aromatic N) is 1. The van der Waals surface area contributed by atoms with Crippen LogP contribution in [-0.2, 0) is 4.79 Å². The molecule has 0 spiro atoms. The second-order valence-corrected chi connectivity index (χ2v) is 4.44. The highest BCUT2D eigenvalue weighted by atomic mass is 19.4. The van der Waals surface area contributed by atoms with Gasteiger partial charge in [-0.1, -0.05) is 18.2 Å². The Kier molecular flexibility index (Phi) is 3.29. The van der Waals surface area contributed by atoms with Crippen LogP contribution in [0.5, 0.6) is 0 Å². The molecule has 0 amide bonds. The van der Waals surface area contributed by atoms with Gasteiger partial charge in [0.2, 0.25) is 5.54 Å². The fourth-order valence-corrected chi connectivity index (χ4v) is 1.64. The van der Waals surface area contributed by atoms with E-state index >= 15 is 0 Å². The van der Waals surface area contributed by atoms with Crippen LogP contribution in [0.3, 0.4) is 0 Å². The normalized spacial score (nSPS) is 14.8. The van der Waals surface area contributed by atoms with Gasteiger partial charge in [-0.05, 0) is 25.1 Å². The van der Waals surface area contributed by atoms with Crippen molar-refractivity contribution in [3.63, 3.8) is 0 Å². The van der Waals surface area contributed by atoms with Crippen LogP contribution >= 0.6 is 0 Å². The van der Waals surface area contributed by atoms with Gasteiger partial charge < -0.3 is 10.4 Å². The van der Waals surface area contributed by atoms with Crippen LogP contribution in [0.25, 0.3) is 10.9 Å². The zero-order valence-corrected chi connectivity index (χ0v) is 10.4. The van der Waals surface area contributed by atoms with E-state index in [2.05, 4.69) is 4.98 Å². The van der Waals surface area contributed by atoms with E-state index in [0.717, 1.165) is 5.39 Å². The number of alkyl halides is 3. The summed E-state index contributed by atoms with van der Waals surface area (Å²) in [4.78, 5) is 14.9. The first-order valence-corrected chi connectivity index (χ1v) is 5.68. The molecule has 0 bridgehead atoms. The maximum atomic E-state index is 12.9. The van der Waals surface area contributed by atoms with E-state index in [1.165, 1.54) is 6.07 Å². The topological polar surface area (TPSA) is 62.2 Å². The number of halogens is 3. The molecule has 0 radical (unpaired) electrons. The maximum absolute atomic E-state index is 12.9. The number of anilines is 1. The van der Waals surface area contributed by atoms with Crippen molar-refractivity contribution in [3.05, 3.63) is 36.4 Å². The second-order valence-electron chi connectivity index (χ2n) is 4.44. The third-order valence-electron chi connectivity index (χ3n) is 2.97. The first-order chi connectivity index (χ1) is 9.24. The number of fused-ring (bicyclic) bond motifs is 1. The minimum atomic E-state index is -4.95. The van der Waals surface area contributed by atoms with Gasteiger partial charge in [0, 0.05) is 5.39 Å². The number of benzene rings is 1. The molecule has 20 heavy (non-hydrogen) atoms. The summed E-state index contributed by atoms with van der Waals surface area (Å²) < 4.78 is 38.7. The van der Waals surface area contributed by atoms with Crippen LogP contribution in [-0.4, -0.2) is 27.8 Å². The zero-order chi connectivity index (χ0) is 15.0. The molecule has 0 saturated heterocycles. The van der Waals surface area contributed by atoms with Gasteiger partial charge in [0.15, 0.2) is 0 Å². The molecule has 1 aromatic carbocycles. The van der Waals surface area contributed by atoms with Gasteiger partial charge in [-0.15, -0.1) is 0 Å². The lowest BCUT2D eigenvalue weighted by atomic mass is 10.0. The second kappa shape index (κ2) is 4.66. The van der Waals surface area contributed by atoms with Gasteiger partial charge in [-0.2, -0.15) is 13.2 Å². The van der Waals surface area contributed by atoms with Crippen molar-refractivity contribution in [1.82, 2.24) is 4.98 Å². The molecule has 1 heterocycles. The molecule has 1 aromatic heterocycles. The van der Waals surface area contributed by atoms with E-state index in [4.69, 9.17) is 5.11 Å². The van der Waals surface area contributed by atoms with Crippen molar-refractivity contribution in [1.29, 1.82) is 0 Å². The Morgan fingerprint density at radius 1 is 1.20 bits per heavy atom. The number of aromatic nitrogens is 1. The SMILES string of the molecule is CC(Nc1ccc2ccccc2n1)(C(=O)O)C(F)(F)F. The van der Waals surface area contributed by atoms with E-state index in [9.17, 15) is 18.0 Å². The molecule has 2 aromatic rings. The number of carboxylic acid groups (broad SMARTS) is 1. The minimum absolute atomic E-state index is 0.147. The molecule has 1 atom stereocenters. The Labute approximate surface area is 112 Å². The van der Waals surface area contributed by atoms with E-state index in [1.807, 2.05) is 5.32 Å². The zero-order valence-electron chi connectivity index (χ0n) is 10.4. The molecule has 7 heteroatoms. The summed E-state index contributed by atoms with van der Waals surface area (Å²) in [6.07, 6.45) is -4.95. The average molecular weight is 284 g/mol.